The number of carbonyl (C=O) groups is 6. The average molecular weight is 776 g/mol. The second-order valence-electron chi connectivity index (χ2n) is 5.25. The van der Waals surface area contributed by atoms with E-state index >= 15 is 0 Å². The average Bonchev–Trinajstić information content (AvgIpc) is 2.67. The third-order valence-corrected chi connectivity index (χ3v) is 3.39. The third-order valence-electron chi connectivity index (χ3n) is 3.39. The van der Waals surface area contributed by atoms with Gasteiger partial charge in [0.25, 0.3) is 0 Å². The summed E-state index contributed by atoms with van der Waals surface area (Å²) in [5.74, 6) is -10.3. The summed E-state index contributed by atoms with van der Waals surface area (Å²) in [5, 5.41) is 62.6. The van der Waals surface area contributed by atoms with Crippen LogP contribution in [0, 0.1) is 0 Å². The van der Waals surface area contributed by atoms with Crippen molar-refractivity contribution in [3.05, 3.63) is 69.8 Å². The maximum absolute atomic E-state index is 10.5. The summed E-state index contributed by atoms with van der Waals surface area (Å²) >= 11 is 0. The van der Waals surface area contributed by atoms with Gasteiger partial charge in [-0.1, -0.05) is 24.3 Å². The van der Waals surface area contributed by atoms with Crippen LogP contribution in [0.3, 0.4) is 0 Å². The zero-order valence-electron chi connectivity index (χ0n) is 16.5. The molecule has 2 aromatic carbocycles. The van der Waals surface area contributed by atoms with Crippen LogP contribution in [0.15, 0.2) is 36.4 Å². The van der Waals surface area contributed by atoms with E-state index in [1.54, 1.807) is 0 Å². The molecule has 0 atom stereocenters. The molecule has 168 valence electrons. The van der Waals surface area contributed by atoms with Gasteiger partial charge >= 0.3 is 71.7 Å². The molecule has 0 bridgehead atoms. The van der Waals surface area contributed by atoms with E-state index in [2.05, 4.69) is 0 Å². The van der Waals surface area contributed by atoms with Crippen molar-refractivity contribution in [2.24, 2.45) is 0 Å². The zero-order chi connectivity index (χ0) is 23.2. The van der Waals surface area contributed by atoms with Crippen molar-refractivity contribution in [2.75, 3.05) is 0 Å². The fourth-order valence-electron chi connectivity index (χ4n) is 2.04. The van der Waals surface area contributed by atoms with Crippen LogP contribution in [-0.4, -0.2) is 108 Å². The molecule has 2 rings (SSSR count). The van der Waals surface area contributed by atoms with E-state index in [1.807, 2.05) is 0 Å². The van der Waals surface area contributed by atoms with Crippen molar-refractivity contribution in [1.82, 2.24) is 0 Å². The maximum atomic E-state index is 10.5. The van der Waals surface area contributed by atoms with E-state index in [0.717, 1.165) is 24.3 Å². The molecule has 0 saturated heterocycles. The van der Waals surface area contributed by atoms with Gasteiger partial charge in [-0.2, -0.15) is 0 Å². The van der Waals surface area contributed by atoms with Crippen LogP contribution in [0.25, 0.3) is 0 Å². The Morgan fingerprint density at radius 1 is 0.394 bits per heavy atom. The normalized spacial score (nSPS) is 8.73. The van der Waals surface area contributed by atoms with Gasteiger partial charge in [-0.3, -0.25) is 0 Å². The standard InChI is InChI=1S/2C9H6O6.3Sn.6H/c2*10-7(11)4-1-2-5(8(12)13)6(3-4)9(14)15;;;;;;;;;/h2*1-3H,(H,10,11)(H,12,13)(H,14,15);;;;;;;;;/q;;3*+2;;;;;;/p-6. The Bertz CT molecular complexity index is 996. The van der Waals surface area contributed by atoms with Gasteiger partial charge in [0.05, 0.1) is 35.8 Å². The first-order valence-corrected chi connectivity index (χ1v) is 7.43. The first-order valence-electron chi connectivity index (χ1n) is 7.43. The summed E-state index contributed by atoms with van der Waals surface area (Å²) in [5.41, 5.74) is -3.67. The summed E-state index contributed by atoms with van der Waals surface area (Å²) in [7, 11) is 0. The summed E-state index contributed by atoms with van der Waals surface area (Å²) < 4.78 is 0. The van der Waals surface area contributed by atoms with Gasteiger partial charge in [-0.05, 0) is 23.3 Å². The molecular formula is C18H12O12Sn3. The van der Waals surface area contributed by atoms with Crippen molar-refractivity contribution in [3.63, 3.8) is 0 Å². The van der Waals surface area contributed by atoms with Crippen LogP contribution in [0.1, 0.15) is 62.1 Å². The Balaban J connectivity index is -0.000000500. The second-order valence-corrected chi connectivity index (χ2v) is 5.25. The summed E-state index contributed by atoms with van der Waals surface area (Å²) in [6.45, 7) is 0. The van der Waals surface area contributed by atoms with Gasteiger partial charge in [-0.25, -0.2) is 0 Å². The molecule has 0 aliphatic heterocycles. The molecule has 0 fully saturated rings. The summed E-state index contributed by atoms with van der Waals surface area (Å²) in [6.07, 6.45) is 0. The fourth-order valence-corrected chi connectivity index (χ4v) is 2.04. The molecule has 0 spiro atoms. The number of hydrogen-bond acceptors (Lipinski definition) is 12. The van der Waals surface area contributed by atoms with Crippen LogP contribution in [0.2, 0.25) is 0 Å². The number of carbonyl (C=O) groups excluding carboxylic acids is 6. The molecule has 33 heavy (non-hydrogen) atoms. The Morgan fingerprint density at radius 2 is 0.636 bits per heavy atom. The van der Waals surface area contributed by atoms with E-state index in [9.17, 15) is 59.4 Å². The van der Waals surface area contributed by atoms with E-state index < -0.39 is 69.2 Å². The summed E-state index contributed by atoms with van der Waals surface area (Å²) in [4.78, 5) is 62.6. The Hall–Kier alpha value is -2.34. The third kappa shape index (κ3) is 9.99. The van der Waals surface area contributed by atoms with Gasteiger partial charge in [0, 0.05) is 22.3 Å². The van der Waals surface area contributed by atoms with Gasteiger partial charge < -0.3 is 59.4 Å². The number of carboxylic acids is 6. The first-order chi connectivity index (χ1) is 13.9. The van der Waals surface area contributed by atoms with E-state index in [-0.39, 0.29) is 71.7 Å². The van der Waals surface area contributed by atoms with Crippen LogP contribution in [0.5, 0.6) is 0 Å². The molecule has 0 saturated carbocycles. The molecule has 0 aliphatic rings. The van der Waals surface area contributed by atoms with Crippen LogP contribution < -0.4 is 30.6 Å². The summed E-state index contributed by atoms with van der Waals surface area (Å²) in [6, 6.07) is 4.74. The molecule has 0 radical (unpaired) electrons. The molecular weight excluding hydrogens is 764 g/mol. The van der Waals surface area contributed by atoms with Crippen molar-refractivity contribution in [1.29, 1.82) is 0 Å². The number of rotatable bonds is 6. The predicted molar refractivity (Wildman–Crippen MR) is 104 cm³/mol. The zero-order valence-corrected chi connectivity index (χ0v) is 28.6. The number of carboxylic acid groups (broad SMARTS) is 6. The minimum atomic E-state index is -1.79. The SMILES string of the molecule is O=C([O-])c1ccc(C(=O)[O-])c(C(=O)[O-])c1.O=C([O-])c1ccc(C(=O)[O-])c(C(=O)[O-])c1.[SnH2+2].[SnH2+2].[SnH2+2]. The van der Waals surface area contributed by atoms with Gasteiger partial charge in [-0.15, -0.1) is 0 Å². The fraction of sp³-hybridized carbons (Fsp3) is 0. The number of hydrogen-bond donors (Lipinski definition) is 0. The number of aromatic carboxylic acids is 6. The molecule has 2 aromatic rings. The molecule has 0 unspecified atom stereocenters. The molecule has 0 amide bonds. The molecule has 0 aliphatic carbocycles. The second kappa shape index (κ2) is 15.5. The van der Waals surface area contributed by atoms with Crippen molar-refractivity contribution < 1.29 is 59.4 Å². The van der Waals surface area contributed by atoms with Crippen molar-refractivity contribution in [2.45, 2.75) is 0 Å². The minimum absolute atomic E-state index is 0. The molecule has 0 N–H and O–H groups in total. The molecule has 15 heteroatoms. The Kier molecular flexibility index (Phi) is 16.5. The van der Waals surface area contributed by atoms with Crippen molar-refractivity contribution >= 4 is 108 Å². The number of benzene rings is 2. The van der Waals surface area contributed by atoms with Gasteiger partial charge in [0.2, 0.25) is 0 Å². The first kappa shape index (κ1) is 35.3. The van der Waals surface area contributed by atoms with E-state index in [1.165, 1.54) is 0 Å². The Morgan fingerprint density at radius 3 is 0.818 bits per heavy atom. The molecule has 12 nitrogen and oxygen atoms in total. The predicted octanol–water partition coefficient (Wildman–Crippen LogP) is -9.19. The van der Waals surface area contributed by atoms with Gasteiger partial charge in [0.1, 0.15) is 0 Å². The topological polar surface area (TPSA) is 241 Å². The molecule has 0 aromatic heterocycles. The molecule has 0 heterocycles. The van der Waals surface area contributed by atoms with Gasteiger partial charge in [0.15, 0.2) is 0 Å². The van der Waals surface area contributed by atoms with Crippen molar-refractivity contribution in [3.8, 4) is 0 Å². The van der Waals surface area contributed by atoms with Crippen LogP contribution in [-0.2, 0) is 0 Å². The monoisotopic (exact) mass is 780 g/mol. The van der Waals surface area contributed by atoms with Crippen LogP contribution in [0.4, 0.5) is 0 Å². The van der Waals surface area contributed by atoms with Crippen LogP contribution >= 0.6 is 0 Å². The van der Waals surface area contributed by atoms with E-state index in [4.69, 9.17) is 0 Å². The quantitative estimate of drug-likeness (QED) is 0.249. The Labute approximate surface area is 235 Å². The van der Waals surface area contributed by atoms with E-state index in [0.29, 0.717) is 12.1 Å².